The topological polar surface area (TPSA) is 87.0 Å². The Hall–Kier alpha value is -3.14. The van der Waals surface area contributed by atoms with Crippen LogP contribution in [0.15, 0.2) is 57.9 Å². The van der Waals surface area contributed by atoms with Crippen LogP contribution in [0.4, 0.5) is 5.69 Å². The van der Waals surface area contributed by atoms with Crippen LogP contribution < -0.4 is 4.90 Å². The van der Waals surface area contributed by atoms with E-state index >= 15 is 0 Å². The highest BCUT2D eigenvalue weighted by Gasteiger charge is 2.37. The molecule has 2 saturated heterocycles. The van der Waals surface area contributed by atoms with Gasteiger partial charge < -0.3 is 14.3 Å². The second kappa shape index (κ2) is 11.5. The molecule has 1 aromatic heterocycles. The molecule has 206 valence electrons. The molecule has 0 saturated carbocycles. The summed E-state index contributed by atoms with van der Waals surface area (Å²) in [4.78, 5) is 17.5. The molecule has 0 atom stereocenters. The fraction of sp³-hybridized carbons (Fsp3) is 0.379. The standard InChI is InChI=1S/C29H33ClN4O4S/c1-21-6-8-23(9-7-21)10-11-27-28(22(2)31-38-27)39(36,37)34-14-12-24(13-15-34)29(35)33-18-16-32(17-19-33)26-5-3-4-25(30)20-26/h3-11,20,24H,12-19H2,1-2H3/b11-10+. The van der Waals surface area contributed by atoms with E-state index in [0.717, 1.165) is 29.9 Å². The third kappa shape index (κ3) is 6.05. The minimum absolute atomic E-state index is 0.0905. The van der Waals surface area contributed by atoms with Gasteiger partial charge in [-0.05, 0) is 56.5 Å². The third-order valence-electron chi connectivity index (χ3n) is 7.50. The number of carbonyl (C=O) groups is 1. The lowest BCUT2D eigenvalue weighted by Crippen LogP contribution is -2.52. The number of halogens is 1. The summed E-state index contributed by atoms with van der Waals surface area (Å²) in [5.41, 5.74) is 3.47. The van der Waals surface area contributed by atoms with E-state index in [1.54, 1.807) is 13.0 Å². The van der Waals surface area contributed by atoms with Crippen molar-refractivity contribution < 1.29 is 17.7 Å². The minimum Gasteiger partial charge on any atom is -0.368 e. The van der Waals surface area contributed by atoms with Gasteiger partial charge in [0.05, 0.1) is 0 Å². The van der Waals surface area contributed by atoms with Crippen LogP contribution in [0.3, 0.4) is 0 Å². The lowest BCUT2D eigenvalue weighted by atomic mass is 9.96. The van der Waals surface area contributed by atoms with Gasteiger partial charge in [0, 0.05) is 55.9 Å². The molecule has 39 heavy (non-hydrogen) atoms. The maximum Gasteiger partial charge on any atom is 0.248 e. The second-order valence-electron chi connectivity index (χ2n) is 10.2. The summed E-state index contributed by atoms with van der Waals surface area (Å²) in [7, 11) is -3.82. The van der Waals surface area contributed by atoms with E-state index in [1.807, 2.05) is 66.4 Å². The predicted molar refractivity (Wildman–Crippen MR) is 153 cm³/mol. The van der Waals surface area contributed by atoms with Gasteiger partial charge in [-0.3, -0.25) is 4.79 Å². The predicted octanol–water partition coefficient (Wildman–Crippen LogP) is 4.86. The van der Waals surface area contributed by atoms with E-state index in [1.165, 1.54) is 4.31 Å². The van der Waals surface area contributed by atoms with Gasteiger partial charge in [0.2, 0.25) is 15.9 Å². The number of nitrogens with zero attached hydrogens (tertiary/aromatic N) is 4. The molecule has 0 spiro atoms. The first-order valence-corrected chi connectivity index (χ1v) is 15.0. The Morgan fingerprint density at radius 1 is 0.974 bits per heavy atom. The molecule has 0 radical (unpaired) electrons. The van der Waals surface area contributed by atoms with Crippen LogP contribution in [0.1, 0.15) is 35.4 Å². The molecule has 0 bridgehead atoms. The van der Waals surface area contributed by atoms with Crippen LogP contribution in [0.2, 0.25) is 5.02 Å². The Balaban J connectivity index is 1.20. The lowest BCUT2D eigenvalue weighted by Gasteiger charge is -2.39. The fourth-order valence-electron chi connectivity index (χ4n) is 5.24. The van der Waals surface area contributed by atoms with Crippen molar-refractivity contribution in [3.05, 3.63) is 76.1 Å². The van der Waals surface area contributed by atoms with E-state index in [2.05, 4.69) is 10.1 Å². The molecule has 2 aliphatic rings. The molecule has 2 aliphatic heterocycles. The van der Waals surface area contributed by atoms with E-state index in [9.17, 15) is 13.2 Å². The number of aromatic nitrogens is 1. The number of hydrogen-bond donors (Lipinski definition) is 0. The summed E-state index contributed by atoms with van der Waals surface area (Å²) in [6.07, 6.45) is 4.45. The number of piperidine rings is 1. The highest BCUT2D eigenvalue weighted by atomic mass is 35.5. The van der Waals surface area contributed by atoms with Crippen LogP contribution >= 0.6 is 11.6 Å². The molecule has 10 heteroatoms. The van der Waals surface area contributed by atoms with Gasteiger partial charge in [0.25, 0.3) is 0 Å². The summed E-state index contributed by atoms with van der Waals surface area (Å²) in [5.74, 6) is 0.142. The first-order valence-electron chi connectivity index (χ1n) is 13.2. The van der Waals surface area contributed by atoms with Gasteiger partial charge in [0.15, 0.2) is 10.7 Å². The van der Waals surface area contributed by atoms with Crippen LogP contribution in [0.5, 0.6) is 0 Å². The zero-order valence-electron chi connectivity index (χ0n) is 22.2. The third-order valence-corrected chi connectivity index (χ3v) is 9.80. The number of sulfonamides is 1. The Kier molecular flexibility index (Phi) is 8.11. The summed E-state index contributed by atoms with van der Waals surface area (Å²) in [5, 5.41) is 4.63. The molecule has 0 N–H and O–H groups in total. The molecule has 0 aliphatic carbocycles. The fourth-order valence-corrected chi connectivity index (χ4v) is 7.14. The lowest BCUT2D eigenvalue weighted by molar-refractivity contribution is -0.137. The molecular weight excluding hydrogens is 536 g/mol. The molecule has 5 rings (SSSR count). The number of anilines is 1. The summed E-state index contributed by atoms with van der Waals surface area (Å²) in [6, 6.07) is 15.7. The van der Waals surface area contributed by atoms with Gasteiger partial charge in [0.1, 0.15) is 5.69 Å². The van der Waals surface area contributed by atoms with Crippen molar-refractivity contribution in [3.8, 4) is 0 Å². The van der Waals surface area contributed by atoms with Crippen LogP contribution in [-0.4, -0.2) is 68.0 Å². The van der Waals surface area contributed by atoms with Crippen molar-refractivity contribution >= 4 is 45.4 Å². The molecule has 1 amide bonds. The summed E-state index contributed by atoms with van der Waals surface area (Å²) < 4.78 is 34.0. The number of benzene rings is 2. The molecule has 2 fully saturated rings. The largest absolute Gasteiger partial charge is 0.368 e. The number of carbonyl (C=O) groups excluding carboxylic acids is 1. The Labute approximate surface area is 234 Å². The summed E-state index contributed by atoms with van der Waals surface area (Å²) >= 11 is 6.13. The van der Waals surface area contributed by atoms with Gasteiger partial charge in [-0.2, -0.15) is 4.31 Å². The average Bonchev–Trinajstić information content (AvgIpc) is 3.33. The van der Waals surface area contributed by atoms with Crippen molar-refractivity contribution in [2.45, 2.75) is 31.6 Å². The highest BCUT2D eigenvalue weighted by molar-refractivity contribution is 7.89. The van der Waals surface area contributed by atoms with Crippen LogP contribution in [0, 0.1) is 19.8 Å². The first kappa shape index (κ1) is 27.4. The molecular formula is C29H33ClN4O4S. The van der Waals surface area contributed by atoms with Gasteiger partial charge in [-0.1, -0.05) is 58.7 Å². The quantitative estimate of drug-likeness (QED) is 0.422. The zero-order chi connectivity index (χ0) is 27.6. The van der Waals surface area contributed by atoms with Gasteiger partial charge >= 0.3 is 0 Å². The van der Waals surface area contributed by atoms with Crippen molar-refractivity contribution in [3.63, 3.8) is 0 Å². The van der Waals surface area contributed by atoms with Crippen molar-refractivity contribution in [1.82, 2.24) is 14.4 Å². The number of hydrogen-bond acceptors (Lipinski definition) is 6. The first-order chi connectivity index (χ1) is 18.7. The van der Waals surface area contributed by atoms with Crippen molar-refractivity contribution in [2.24, 2.45) is 5.92 Å². The number of piperazine rings is 1. The normalized spacial score (nSPS) is 17.7. The van der Waals surface area contributed by atoms with Crippen LogP contribution in [-0.2, 0) is 14.8 Å². The maximum atomic E-state index is 13.6. The van der Waals surface area contributed by atoms with Crippen molar-refractivity contribution in [2.75, 3.05) is 44.2 Å². The molecule has 3 heterocycles. The Morgan fingerprint density at radius 2 is 1.67 bits per heavy atom. The summed E-state index contributed by atoms with van der Waals surface area (Å²) in [6.45, 7) is 6.98. The number of aryl methyl sites for hydroxylation is 2. The SMILES string of the molecule is Cc1ccc(/C=C/c2onc(C)c2S(=O)(=O)N2CCC(C(=O)N3CCN(c4cccc(Cl)c4)CC3)CC2)cc1. The number of amides is 1. The van der Waals surface area contributed by atoms with Gasteiger partial charge in [-0.25, -0.2) is 8.42 Å². The molecule has 3 aromatic rings. The smallest absolute Gasteiger partial charge is 0.248 e. The Bertz CT molecular complexity index is 1450. The number of rotatable bonds is 6. The monoisotopic (exact) mass is 568 g/mol. The Morgan fingerprint density at radius 3 is 2.33 bits per heavy atom. The van der Waals surface area contributed by atoms with Crippen LogP contribution in [0.25, 0.3) is 12.2 Å². The van der Waals surface area contributed by atoms with Gasteiger partial charge in [-0.15, -0.1) is 0 Å². The average molecular weight is 569 g/mol. The zero-order valence-corrected chi connectivity index (χ0v) is 23.8. The van der Waals surface area contributed by atoms with E-state index in [4.69, 9.17) is 16.1 Å². The van der Waals surface area contributed by atoms with E-state index in [0.29, 0.717) is 36.6 Å². The maximum absolute atomic E-state index is 13.6. The molecule has 0 unspecified atom stereocenters. The molecule has 8 nitrogen and oxygen atoms in total. The molecule has 2 aromatic carbocycles. The van der Waals surface area contributed by atoms with E-state index < -0.39 is 10.0 Å². The van der Waals surface area contributed by atoms with E-state index in [-0.39, 0.29) is 35.6 Å². The minimum atomic E-state index is -3.82. The second-order valence-corrected chi connectivity index (χ2v) is 12.5. The highest BCUT2D eigenvalue weighted by Crippen LogP contribution is 2.30. The van der Waals surface area contributed by atoms with Crippen molar-refractivity contribution in [1.29, 1.82) is 0 Å².